The van der Waals surface area contributed by atoms with Crippen LogP contribution in [0, 0.1) is 0 Å². The Hall–Kier alpha value is -1.59. The van der Waals surface area contributed by atoms with E-state index in [-0.39, 0.29) is 6.10 Å². The fourth-order valence-corrected chi connectivity index (χ4v) is 2.26. The van der Waals surface area contributed by atoms with E-state index < -0.39 is 0 Å². The van der Waals surface area contributed by atoms with Gasteiger partial charge in [0.1, 0.15) is 0 Å². The SMILES string of the molecule is CCOCCCCNC(=NC)NCCCOC(C)c1ccccc1. The van der Waals surface area contributed by atoms with Crippen molar-refractivity contribution in [3.8, 4) is 0 Å². The van der Waals surface area contributed by atoms with Crippen molar-refractivity contribution >= 4 is 5.96 Å². The number of unbranched alkanes of at least 4 members (excludes halogenated alkanes) is 1. The van der Waals surface area contributed by atoms with Gasteiger partial charge in [0.05, 0.1) is 6.10 Å². The van der Waals surface area contributed by atoms with Crippen LogP contribution in [-0.4, -0.2) is 45.9 Å². The molecule has 0 bridgehead atoms. The smallest absolute Gasteiger partial charge is 0.190 e. The number of guanidine groups is 1. The van der Waals surface area contributed by atoms with Gasteiger partial charge in [-0.2, -0.15) is 0 Å². The van der Waals surface area contributed by atoms with Crippen LogP contribution >= 0.6 is 0 Å². The number of rotatable bonds is 12. The van der Waals surface area contributed by atoms with Crippen LogP contribution in [0.5, 0.6) is 0 Å². The number of aliphatic imine (C=N–C) groups is 1. The average Bonchev–Trinajstić information content (AvgIpc) is 2.63. The molecule has 0 saturated carbocycles. The Balaban J connectivity index is 2.04. The Morgan fingerprint density at radius 1 is 1.04 bits per heavy atom. The maximum atomic E-state index is 5.87. The van der Waals surface area contributed by atoms with Crippen molar-refractivity contribution in [1.82, 2.24) is 10.6 Å². The van der Waals surface area contributed by atoms with Crippen LogP contribution in [0.4, 0.5) is 0 Å². The van der Waals surface area contributed by atoms with Gasteiger partial charge in [0.15, 0.2) is 5.96 Å². The molecule has 0 saturated heterocycles. The molecule has 5 nitrogen and oxygen atoms in total. The Morgan fingerprint density at radius 3 is 2.42 bits per heavy atom. The summed E-state index contributed by atoms with van der Waals surface area (Å²) in [6.07, 6.45) is 3.23. The summed E-state index contributed by atoms with van der Waals surface area (Å²) in [5.41, 5.74) is 1.22. The van der Waals surface area contributed by atoms with Crippen LogP contribution < -0.4 is 10.6 Å². The molecular weight excluding hydrogens is 302 g/mol. The number of nitrogens with zero attached hydrogens (tertiary/aromatic N) is 1. The molecule has 1 aromatic rings. The van der Waals surface area contributed by atoms with Crippen molar-refractivity contribution in [3.05, 3.63) is 35.9 Å². The lowest BCUT2D eigenvalue weighted by molar-refractivity contribution is 0.0646. The standard InChI is InChI=1S/C19H33N3O2/c1-4-23-15-9-8-13-21-19(20-3)22-14-10-16-24-17(2)18-11-6-5-7-12-18/h5-7,11-12,17H,4,8-10,13-16H2,1-3H3,(H2,20,21,22). The van der Waals surface area contributed by atoms with E-state index in [0.29, 0.717) is 0 Å². The van der Waals surface area contributed by atoms with E-state index in [4.69, 9.17) is 9.47 Å². The molecule has 1 rings (SSSR count). The molecular formula is C19H33N3O2. The molecule has 0 aliphatic heterocycles. The molecule has 136 valence electrons. The second-order valence-electron chi connectivity index (χ2n) is 5.61. The van der Waals surface area contributed by atoms with Gasteiger partial charge < -0.3 is 20.1 Å². The summed E-state index contributed by atoms with van der Waals surface area (Å²) >= 11 is 0. The van der Waals surface area contributed by atoms with Gasteiger partial charge >= 0.3 is 0 Å². The van der Waals surface area contributed by atoms with Gasteiger partial charge in [-0.1, -0.05) is 30.3 Å². The highest BCUT2D eigenvalue weighted by atomic mass is 16.5. The maximum absolute atomic E-state index is 5.87. The Labute approximate surface area is 146 Å². The van der Waals surface area contributed by atoms with E-state index in [1.54, 1.807) is 7.05 Å². The largest absolute Gasteiger partial charge is 0.382 e. The first kappa shape index (κ1) is 20.5. The minimum Gasteiger partial charge on any atom is -0.382 e. The van der Waals surface area contributed by atoms with E-state index >= 15 is 0 Å². The van der Waals surface area contributed by atoms with Gasteiger partial charge in [-0.3, -0.25) is 4.99 Å². The molecule has 0 spiro atoms. The molecule has 1 unspecified atom stereocenters. The van der Waals surface area contributed by atoms with Crippen molar-refractivity contribution in [1.29, 1.82) is 0 Å². The zero-order valence-corrected chi connectivity index (χ0v) is 15.4. The molecule has 0 amide bonds. The van der Waals surface area contributed by atoms with Gasteiger partial charge in [-0.15, -0.1) is 0 Å². The van der Waals surface area contributed by atoms with Crippen molar-refractivity contribution in [2.75, 3.05) is 40.0 Å². The van der Waals surface area contributed by atoms with Gasteiger partial charge in [0.25, 0.3) is 0 Å². The molecule has 0 heterocycles. The van der Waals surface area contributed by atoms with Crippen LogP contribution in [0.15, 0.2) is 35.3 Å². The molecule has 0 radical (unpaired) electrons. The molecule has 0 fully saturated rings. The number of hydrogen-bond acceptors (Lipinski definition) is 3. The summed E-state index contributed by atoms with van der Waals surface area (Å²) in [6, 6.07) is 10.3. The minimum absolute atomic E-state index is 0.133. The predicted molar refractivity (Wildman–Crippen MR) is 101 cm³/mol. The number of nitrogens with one attached hydrogen (secondary N) is 2. The maximum Gasteiger partial charge on any atom is 0.190 e. The normalized spacial score (nSPS) is 12.9. The van der Waals surface area contributed by atoms with Crippen molar-refractivity contribution < 1.29 is 9.47 Å². The lowest BCUT2D eigenvalue weighted by atomic mass is 10.1. The Morgan fingerprint density at radius 2 is 1.75 bits per heavy atom. The summed E-state index contributed by atoms with van der Waals surface area (Å²) < 4.78 is 11.2. The molecule has 1 atom stereocenters. The third-order valence-corrected chi connectivity index (χ3v) is 3.69. The fourth-order valence-electron chi connectivity index (χ4n) is 2.26. The van der Waals surface area contributed by atoms with Crippen LogP contribution in [0.2, 0.25) is 0 Å². The van der Waals surface area contributed by atoms with Gasteiger partial charge in [0.2, 0.25) is 0 Å². The van der Waals surface area contributed by atoms with Crippen LogP contribution in [-0.2, 0) is 9.47 Å². The monoisotopic (exact) mass is 335 g/mol. The fraction of sp³-hybridized carbons (Fsp3) is 0.632. The molecule has 0 aliphatic rings. The van der Waals surface area contributed by atoms with E-state index in [1.165, 1.54) is 5.56 Å². The van der Waals surface area contributed by atoms with Crippen LogP contribution in [0.1, 0.15) is 44.8 Å². The highest BCUT2D eigenvalue weighted by molar-refractivity contribution is 5.79. The topological polar surface area (TPSA) is 54.9 Å². The molecule has 0 aliphatic carbocycles. The van der Waals surface area contributed by atoms with Crippen molar-refractivity contribution in [3.63, 3.8) is 0 Å². The second kappa shape index (κ2) is 13.8. The summed E-state index contributed by atoms with van der Waals surface area (Å²) in [5, 5.41) is 6.63. The van der Waals surface area contributed by atoms with Gasteiger partial charge in [-0.25, -0.2) is 0 Å². The van der Waals surface area contributed by atoms with Gasteiger partial charge in [0, 0.05) is 40.0 Å². The van der Waals surface area contributed by atoms with E-state index in [9.17, 15) is 0 Å². The minimum atomic E-state index is 0.133. The number of ether oxygens (including phenoxy) is 2. The first-order valence-electron chi connectivity index (χ1n) is 8.96. The lowest BCUT2D eigenvalue weighted by Gasteiger charge is -2.15. The second-order valence-corrected chi connectivity index (χ2v) is 5.61. The van der Waals surface area contributed by atoms with Crippen molar-refractivity contribution in [2.45, 2.75) is 39.2 Å². The average molecular weight is 335 g/mol. The first-order valence-corrected chi connectivity index (χ1v) is 8.96. The van der Waals surface area contributed by atoms with E-state index in [1.807, 2.05) is 25.1 Å². The van der Waals surface area contributed by atoms with Crippen LogP contribution in [0.25, 0.3) is 0 Å². The Kier molecular flexibility index (Phi) is 11.8. The highest BCUT2D eigenvalue weighted by Gasteiger charge is 2.04. The summed E-state index contributed by atoms with van der Waals surface area (Å²) in [7, 11) is 1.80. The quantitative estimate of drug-likeness (QED) is 0.350. The van der Waals surface area contributed by atoms with Crippen molar-refractivity contribution in [2.24, 2.45) is 4.99 Å². The number of hydrogen-bond donors (Lipinski definition) is 2. The summed E-state index contributed by atoms with van der Waals surface area (Å²) in [4.78, 5) is 4.22. The summed E-state index contributed by atoms with van der Waals surface area (Å²) in [6.45, 7) is 8.23. The predicted octanol–water partition coefficient (Wildman–Crippen LogP) is 3.14. The van der Waals surface area contributed by atoms with Crippen LogP contribution in [0.3, 0.4) is 0 Å². The van der Waals surface area contributed by atoms with E-state index in [2.05, 4.69) is 34.7 Å². The lowest BCUT2D eigenvalue weighted by Crippen LogP contribution is -2.38. The van der Waals surface area contributed by atoms with Gasteiger partial charge in [-0.05, 0) is 38.7 Å². The third-order valence-electron chi connectivity index (χ3n) is 3.69. The zero-order valence-electron chi connectivity index (χ0n) is 15.4. The number of benzene rings is 1. The molecule has 1 aromatic carbocycles. The molecule has 24 heavy (non-hydrogen) atoms. The first-order chi connectivity index (χ1) is 11.8. The molecule has 5 heteroatoms. The molecule has 0 aromatic heterocycles. The van der Waals surface area contributed by atoms with E-state index in [0.717, 1.165) is 58.1 Å². The highest BCUT2D eigenvalue weighted by Crippen LogP contribution is 2.15. The summed E-state index contributed by atoms with van der Waals surface area (Å²) in [5.74, 6) is 0.850. The molecule has 2 N–H and O–H groups in total. The third kappa shape index (κ3) is 9.53. The zero-order chi connectivity index (χ0) is 17.5. The Bertz CT molecular complexity index is 437.